The van der Waals surface area contributed by atoms with Crippen LogP contribution in [0.25, 0.3) is 11.6 Å². The van der Waals surface area contributed by atoms with E-state index in [0.29, 0.717) is 17.4 Å². The average molecular weight is 237 g/mol. The molecule has 0 unspecified atom stereocenters. The Morgan fingerprint density at radius 2 is 2.19 bits per heavy atom. The Labute approximate surface area is 96.2 Å². The molecule has 2 N–H and O–H groups in total. The van der Waals surface area contributed by atoms with Crippen LogP contribution in [0, 0.1) is 0 Å². The average Bonchev–Trinajstić information content (AvgIpc) is 2.98. The van der Waals surface area contributed by atoms with Crippen molar-refractivity contribution in [1.29, 1.82) is 0 Å². The van der Waals surface area contributed by atoms with Crippen molar-refractivity contribution in [3.63, 3.8) is 0 Å². The van der Waals surface area contributed by atoms with Crippen LogP contribution in [0.2, 0.25) is 0 Å². The number of nitrogens with zero attached hydrogens (tertiary/aromatic N) is 4. The van der Waals surface area contributed by atoms with E-state index in [2.05, 4.69) is 18.9 Å². The first-order valence-corrected chi connectivity index (χ1v) is 5.92. The topological polar surface area (TPSA) is 90.7 Å². The Morgan fingerprint density at radius 3 is 2.88 bits per heavy atom. The first-order valence-electron chi connectivity index (χ1n) is 5.19. The van der Waals surface area contributed by atoms with Crippen LogP contribution in [0.5, 0.6) is 0 Å². The van der Waals surface area contributed by atoms with Crippen LogP contribution in [-0.2, 0) is 5.54 Å². The molecule has 2 aromatic heterocycles. The first-order chi connectivity index (χ1) is 7.78. The van der Waals surface area contributed by atoms with Gasteiger partial charge in [-0.15, -0.1) is 0 Å². The van der Waals surface area contributed by atoms with Gasteiger partial charge in [-0.1, -0.05) is 18.0 Å². The molecule has 0 spiro atoms. The summed E-state index contributed by atoms with van der Waals surface area (Å²) in [5, 5.41) is 3.95. The lowest BCUT2D eigenvalue weighted by Crippen LogP contribution is -2.34. The van der Waals surface area contributed by atoms with Gasteiger partial charge in [-0.3, -0.25) is 0 Å². The van der Waals surface area contributed by atoms with Gasteiger partial charge in [0.2, 0.25) is 0 Å². The minimum atomic E-state index is -0.412. The van der Waals surface area contributed by atoms with Crippen molar-refractivity contribution < 1.29 is 4.52 Å². The number of rotatable bonds is 2. The molecule has 0 saturated heterocycles. The highest BCUT2D eigenvalue weighted by Gasteiger charge is 2.36. The molecule has 0 atom stereocenters. The van der Waals surface area contributed by atoms with Gasteiger partial charge in [0, 0.05) is 0 Å². The van der Waals surface area contributed by atoms with E-state index in [0.717, 1.165) is 37.4 Å². The highest BCUT2D eigenvalue weighted by atomic mass is 32.1. The third kappa shape index (κ3) is 1.52. The molecule has 1 saturated carbocycles. The summed E-state index contributed by atoms with van der Waals surface area (Å²) in [4.78, 5) is 4.31. The quantitative estimate of drug-likeness (QED) is 0.847. The van der Waals surface area contributed by atoms with Crippen LogP contribution in [0.4, 0.5) is 0 Å². The number of nitrogens with two attached hydrogens (primary N) is 1. The number of hydrogen-bond acceptors (Lipinski definition) is 7. The SMILES string of the molecule is NC1(c2noc(-c3cnsn3)n2)CCCC1. The second-order valence-corrected chi connectivity index (χ2v) is 4.64. The van der Waals surface area contributed by atoms with Gasteiger partial charge in [-0.25, -0.2) is 0 Å². The van der Waals surface area contributed by atoms with Crippen molar-refractivity contribution >= 4 is 11.7 Å². The van der Waals surface area contributed by atoms with Crippen molar-refractivity contribution in [3.05, 3.63) is 12.0 Å². The molecule has 1 aliphatic carbocycles. The Kier molecular flexibility index (Phi) is 2.22. The van der Waals surface area contributed by atoms with Crippen LogP contribution < -0.4 is 5.73 Å². The maximum Gasteiger partial charge on any atom is 0.279 e. The van der Waals surface area contributed by atoms with Crippen LogP contribution >= 0.6 is 11.7 Å². The predicted octanol–water partition coefficient (Wildman–Crippen LogP) is 1.32. The Hall–Kier alpha value is -1.34. The lowest BCUT2D eigenvalue weighted by atomic mass is 9.99. The van der Waals surface area contributed by atoms with Gasteiger partial charge in [0.05, 0.1) is 23.5 Å². The molecular formula is C9H11N5OS. The molecule has 16 heavy (non-hydrogen) atoms. The third-order valence-electron chi connectivity index (χ3n) is 2.95. The van der Waals surface area contributed by atoms with Crippen molar-refractivity contribution in [2.45, 2.75) is 31.2 Å². The molecule has 7 heteroatoms. The second kappa shape index (κ2) is 3.60. The molecule has 0 amide bonds. The van der Waals surface area contributed by atoms with Crippen LogP contribution in [0.1, 0.15) is 31.5 Å². The zero-order chi connectivity index (χ0) is 11.0. The molecule has 0 aliphatic heterocycles. The van der Waals surface area contributed by atoms with Gasteiger partial charge in [0.15, 0.2) is 11.5 Å². The lowest BCUT2D eigenvalue weighted by Gasteiger charge is -2.17. The van der Waals surface area contributed by atoms with Crippen LogP contribution in [0.15, 0.2) is 10.7 Å². The van der Waals surface area contributed by atoms with E-state index in [4.69, 9.17) is 10.3 Å². The summed E-state index contributed by atoms with van der Waals surface area (Å²) in [5.41, 5.74) is 6.43. The highest BCUT2D eigenvalue weighted by Crippen LogP contribution is 2.35. The summed E-state index contributed by atoms with van der Waals surface area (Å²) < 4.78 is 13.1. The fraction of sp³-hybridized carbons (Fsp3) is 0.556. The fourth-order valence-corrected chi connectivity index (χ4v) is 2.43. The van der Waals surface area contributed by atoms with E-state index >= 15 is 0 Å². The molecule has 1 aliphatic rings. The molecule has 1 fully saturated rings. The highest BCUT2D eigenvalue weighted by molar-refractivity contribution is 6.99. The van der Waals surface area contributed by atoms with Crippen molar-refractivity contribution in [3.8, 4) is 11.6 Å². The van der Waals surface area contributed by atoms with Gasteiger partial charge in [0.1, 0.15) is 0 Å². The lowest BCUT2D eigenvalue weighted by molar-refractivity contribution is 0.372. The monoisotopic (exact) mass is 237 g/mol. The summed E-state index contributed by atoms with van der Waals surface area (Å²) in [7, 11) is 0. The maximum atomic E-state index is 6.23. The van der Waals surface area contributed by atoms with E-state index in [1.807, 2.05) is 0 Å². The van der Waals surface area contributed by atoms with Gasteiger partial charge in [0.25, 0.3) is 5.89 Å². The molecule has 0 aromatic carbocycles. The molecule has 6 nitrogen and oxygen atoms in total. The predicted molar refractivity (Wildman–Crippen MR) is 57.5 cm³/mol. The van der Waals surface area contributed by atoms with Crippen molar-refractivity contribution in [2.75, 3.05) is 0 Å². The molecule has 2 heterocycles. The second-order valence-electron chi connectivity index (χ2n) is 4.08. The van der Waals surface area contributed by atoms with Gasteiger partial charge in [-0.2, -0.15) is 13.7 Å². The molecule has 84 valence electrons. The number of aromatic nitrogens is 4. The Morgan fingerprint density at radius 1 is 1.38 bits per heavy atom. The summed E-state index contributed by atoms with van der Waals surface area (Å²) >= 11 is 1.12. The molecular weight excluding hydrogens is 226 g/mol. The summed E-state index contributed by atoms with van der Waals surface area (Å²) in [6.45, 7) is 0. The Balaban J connectivity index is 1.93. The first kappa shape index (κ1) is 9.86. The number of hydrogen-bond donors (Lipinski definition) is 1. The van der Waals surface area contributed by atoms with Gasteiger partial charge >= 0.3 is 0 Å². The third-order valence-corrected chi connectivity index (χ3v) is 3.43. The molecule has 0 radical (unpaired) electrons. The van der Waals surface area contributed by atoms with E-state index < -0.39 is 5.54 Å². The van der Waals surface area contributed by atoms with Gasteiger partial charge in [-0.05, 0) is 12.8 Å². The van der Waals surface area contributed by atoms with E-state index in [1.54, 1.807) is 6.20 Å². The zero-order valence-corrected chi connectivity index (χ0v) is 9.40. The zero-order valence-electron chi connectivity index (χ0n) is 8.59. The molecule has 3 rings (SSSR count). The van der Waals surface area contributed by atoms with E-state index in [1.165, 1.54) is 0 Å². The van der Waals surface area contributed by atoms with Crippen molar-refractivity contribution in [2.24, 2.45) is 5.73 Å². The minimum Gasteiger partial charge on any atom is -0.332 e. The van der Waals surface area contributed by atoms with Gasteiger partial charge < -0.3 is 10.3 Å². The minimum absolute atomic E-state index is 0.403. The van der Waals surface area contributed by atoms with E-state index in [-0.39, 0.29) is 0 Å². The normalized spacial score (nSPS) is 19.1. The van der Waals surface area contributed by atoms with Crippen LogP contribution in [0.3, 0.4) is 0 Å². The standard InChI is InChI=1S/C9H11N5OS/c10-9(3-1-2-4-9)8-12-7(15-13-8)6-5-11-16-14-6/h5H,1-4,10H2. The largest absolute Gasteiger partial charge is 0.332 e. The van der Waals surface area contributed by atoms with Crippen molar-refractivity contribution in [1.82, 2.24) is 18.9 Å². The summed E-state index contributed by atoms with van der Waals surface area (Å²) in [6, 6.07) is 0. The van der Waals surface area contributed by atoms with Crippen LogP contribution in [-0.4, -0.2) is 18.9 Å². The molecule has 2 aromatic rings. The fourth-order valence-electron chi connectivity index (χ4n) is 2.02. The summed E-state index contributed by atoms with van der Waals surface area (Å²) in [5.74, 6) is 0.994. The maximum absolute atomic E-state index is 6.23. The Bertz CT molecular complexity index is 474. The smallest absolute Gasteiger partial charge is 0.279 e. The summed E-state index contributed by atoms with van der Waals surface area (Å²) in [6.07, 6.45) is 5.69. The molecule has 0 bridgehead atoms. The van der Waals surface area contributed by atoms with E-state index in [9.17, 15) is 0 Å².